The number of halogens is 2. The molecular weight excluding hydrogens is 350 g/mol. The molecule has 0 saturated carbocycles. The van der Waals surface area contributed by atoms with E-state index < -0.39 is 5.97 Å². The number of rotatable bonds is 3. The van der Waals surface area contributed by atoms with Crippen molar-refractivity contribution in [3.63, 3.8) is 0 Å². The van der Waals surface area contributed by atoms with E-state index in [9.17, 15) is 9.90 Å². The van der Waals surface area contributed by atoms with Gasteiger partial charge in [-0.2, -0.15) is 0 Å². The zero-order chi connectivity index (χ0) is 14.0. The van der Waals surface area contributed by atoms with Crippen LogP contribution >= 0.6 is 28.3 Å². The summed E-state index contributed by atoms with van der Waals surface area (Å²) in [4.78, 5) is 11.1. The Balaban J connectivity index is 0.00000200. The van der Waals surface area contributed by atoms with Crippen LogP contribution in [0.4, 0.5) is 0 Å². The highest BCUT2D eigenvalue weighted by Gasteiger charge is 2.26. The van der Waals surface area contributed by atoms with Gasteiger partial charge in [-0.25, -0.2) is 4.79 Å². The number of nitrogens with two attached hydrogens (primary N) is 1. The van der Waals surface area contributed by atoms with Crippen LogP contribution in [0.25, 0.3) is 0 Å². The lowest BCUT2D eigenvalue weighted by molar-refractivity contribution is 0.0579. The summed E-state index contributed by atoms with van der Waals surface area (Å²) in [5.74, 6) is -1.22. The quantitative estimate of drug-likeness (QED) is 0.765. The van der Waals surface area contributed by atoms with Gasteiger partial charge in [0.05, 0.1) is 0 Å². The minimum absolute atomic E-state index is 0. The third-order valence-corrected chi connectivity index (χ3v) is 3.93. The van der Waals surface area contributed by atoms with E-state index in [1.54, 1.807) is 6.07 Å². The average Bonchev–Trinajstić information content (AvgIpc) is 2.41. The smallest absolute Gasteiger partial charge is 0.339 e. The maximum Gasteiger partial charge on any atom is 0.339 e. The minimum Gasteiger partial charge on any atom is -0.507 e. The van der Waals surface area contributed by atoms with Gasteiger partial charge in [0.2, 0.25) is 0 Å². The third-order valence-electron chi connectivity index (χ3n) is 3.47. The topological polar surface area (TPSA) is 92.8 Å². The minimum atomic E-state index is -1.17. The van der Waals surface area contributed by atoms with Crippen molar-refractivity contribution in [3.8, 4) is 5.75 Å². The molecule has 1 heterocycles. The van der Waals surface area contributed by atoms with E-state index in [1.807, 2.05) is 0 Å². The number of benzene rings is 1. The lowest BCUT2D eigenvalue weighted by Crippen LogP contribution is -2.27. The number of hydrogen-bond donors (Lipinski definition) is 3. The van der Waals surface area contributed by atoms with Crippen LogP contribution in [-0.4, -0.2) is 29.4 Å². The van der Waals surface area contributed by atoms with Crippen molar-refractivity contribution in [2.75, 3.05) is 13.2 Å². The maximum absolute atomic E-state index is 11.1. The first-order chi connectivity index (χ1) is 9.00. The highest BCUT2D eigenvalue weighted by molar-refractivity contribution is 9.10. The van der Waals surface area contributed by atoms with Gasteiger partial charge in [-0.3, -0.25) is 0 Å². The summed E-state index contributed by atoms with van der Waals surface area (Å²) in [6.45, 7) is 1.30. The molecule has 1 fully saturated rings. The van der Waals surface area contributed by atoms with Crippen LogP contribution in [0.15, 0.2) is 16.6 Å². The Kier molecular flexibility index (Phi) is 6.26. The predicted octanol–water partition coefficient (Wildman–Crippen LogP) is 2.70. The number of aromatic carboxylic acids is 1. The molecule has 0 aliphatic carbocycles. The van der Waals surface area contributed by atoms with Crippen LogP contribution in [0, 0.1) is 5.92 Å². The van der Waals surface area contributed by atoms with Gasteiger partial charge in [-0.1, -0.05) is 15.9 Å². The van der Waals surface area contributed by atoms with Gasteiger partial charge in [0.1, 0.15) is 11.3 Å². The molecule has 20 heavy (non-hydrogen) atoms. The Morgan fingerprint density at radius 3 is 2.55 bits per heavy atom. The van der Waals surface area contributed by atoms with Crippen LogP contribution in [0.1, 0.15) is 34.8 Å². The summed E-state index contributed by atoms with van der Waals surface area (Å²) in [6, 6.07) is 2.67. The van der Waals surface area contributed by atoms with Crippen LogP contribution in [0.5, 0.6) is 5.75 Å². The summed E-state index contributed by atoms with van der Waals surface area (Å²) in [6.07, 6.45) is 1.63. The molecule has 2 rings (SSSR count). The molecular formula is C13H17BrClNO4. The van der Waals surface area contributed by atoms with Gasteiger partial charge in [-0.15, -0.1) is 12.4 Å². The van der Waals surface area contributed by atoms with Crippen molar-refractivity contribution in [2.24, 2.45) is 11.7 Å². The summed E-state index contributed by atoms with van der Waals surface area (Å²) in [7, 11) is 0. The predicted molar refractivity (Wildman–Crippen MR) is 80.5 cm³/mol. The van der Waals surface area contributed by atoms with Crippen LogP contribution in [0.3, 0.4) is 0 Å². The fourth-order valence-electron chi connectivity index (χ4n) is 2.37. The van der Waals surface area contributed by atoms with Gasteiger partial charge in [0.25, 0.3) is 0 Å². The molecule has 1 aliphatic rings. The molecule has 0 radical (unpaired) electrons. The monoisotopic (exact) mass is 365 g/mol. The molecule has 0 spiro atoms. The number of carbonyl (C=O) groups is 1. The molecule has 0 aromatic heterocycles. The van der Waals surface area contributed by atoms with Gasteiger partial charge in [-0.05, 0) is 30.9 Å². The second-order valence-corrected chi connectivity index (χ2v) is 5.59. The van der Waals surface area contributed by atoms with E-state index in [0.717, 1.165) is 12.8 Å². The largest absolute Gasteiger partial charge is 0.507 e. The molecule has 4 N–H and O–H groups in total. The first-order valence-corrected chi connectivity index (χ1v) is 6.89. The number of aromatic hydroxyl groups is 1. The Morgan fingerprint density at radius 1 is 1.40 bits per heavy atom. The van der Waals surface area contributed by atoms with Crippen molar-refractivity contribution < 1.29 is 19.7 Å². The normalized spacial score (nSPS) is 17.3. The number of carboxylic acids is 1. The highest BCUT2D eigenvalue weighted by atomic mass is 79.9. The molecule has 0 unspecified atom stereocenters. The Labute approximate surface area is 131 Å². The fourth-order valence-corrected chi connectivity index (χ4v) is 2.84. The maximum atomic E-state index is 11.1. The van der Waals surface area contributed by atoms with E-state index in [2.05, 4.69) is 15.9 Å². The second kappa shape index (κ2) is 7.26. The lowest BCUT2D eigenvalue weighted by atomic mass is 9.86. The molecule has 0 bridgehead atoms. The highest BCUT2D eigenvalue weighted by Crippen LogP contribution is 2.36. The zero-order valence-electron chi connectivity index (χ0n) is 10.7. The van der Waals surface area contributed by atoms with Crippen molar-refractivity contribution in [2.45, 2.75) is 18.9 Å². The number of hydrogen-bond acceptors (Lipinski definition) is 4. The summed E-state index contributed by atoms with van der Waals surface area (Å²) in [5, 5.41) is 19.1. The summed E-state index contributed by atoms with van der Waals surface area (Å²) >= 11 is 3.25. The first-order valence-electron chi connectivity index (χ1n) is 6.09. The van der Waals surface area contributed by atoms with Crippen molar-refractivity contribution in [3.05, 3.63) is 27.7 Å². The standard InChI is InChI=1S/C13H16BrNO4.ClH/c14-8-5-9(12(16)10(6-8)13(17)18)11(15)7-1-3-19-4-2-7;/h5-7,11,16H,1-4,15H2,(H,17,18);1H/t11-;/m0./s1. The molecule has 7 heteroatoms. The molecule has 1 aliphatic heterocycles. The molecule has 5 nitrogen and oxygen atoms in total. The van der Waals surface area contributed by atoms with Crippen molar-refractivity contribution >= 4 is 34.3 Å². The molecule has 1 aromatic rings. The van der Waals surface area contributed by atoms with E-state index >= 15 is 0 Å². The molecule has 1 aromatic carbocycles. The lowest BCUT2D eigenvalue weighted by Gasteiger charge is -2.28. The molecule has 112 valence electrons. The van der Waals surface area contributed by atoms with E-state index in [0.29, 0.717) is 23.2 Å². The molecule has 1 atom stereocenters. The van der Waals surface area contributed by atoms with Crippen LogP contribution in [-0.2, 0) is 4.74 Å². The fraction of sp³-hybridized carbons (Fsp3) is 0.462. The third kappa shape index (κ3) is 3.63. The first kappa shape index (κ1) is 17.2. The number of phenols is 1. The zero-order valence-corrected chi connectivity index (χ0v) is 13.1. The van der Waals surface area contributed by atoms with E-state index in [1.165, 1.54) is 6.07 Å². The van der Waals surface area contributed by atoms with Gasteiger partial charge >= 0.3 is 5.97 Å². The van der Waals surface area contributed by atoms with Crippen LogP contribution in [0.2, 0.25) is 0 Å². The SMILES string of the molecule is Cl.N[C@H](c1cc(Br)cc(C(=O)O)c1O)C1CCOCC1. The Bertz CT molecular complexity index is 492. The molecule has 0 amide bonds. The summed E-state index contributed by atoms with van der Waals surface area (Å²) in [5.41, 5.74) is 6.52. The van der Waals surface area contributed by atoms with Gasteiger partial charge in [0.15, 0.2) is 0 Å². The number of carboxylic acid groups (broad SMARTS) is 1. The second-order valence-electron chi connectivity index (χ2n) is 4.67. The van der Waals surface area contributed by atoms with Gasteiger partial charge in [0, 0.05) is 29.3 Å². The Morgan fingerprint density at radius 2 is 2.00 bits per heavy atom. The average molecular weight is 367 g/mol. The Hall–Kier alpha value is -0.820. The number of ether oxygens (including phenoxy) is 1. The van der Waals surface area contributed by atoms with E-state index in [-0.39, 0.29) is 35.7 Å². The van der Waals surface area contributed by atoms with Crippen molar-refractivity contribution in [1.82, 2.24) is 0 Å². The van der Waals surface area contributed by atoms with Crippen molar-refractivity contribution in [1.29, 1.82) is 0 Å². The summed E-state index contributed by atoms with van der Waals surface area (Å²) < 4.78 is 5.88. The van der Waals surface area contributed by atoms with E-state index in [4.69, 9.17) is 15.6 Å². The van der Waals surface area contributed by atoms with Crippen LogP contribution < -0.4 is 5.73 Å². The van der Waals surface area contributed by atoms with Gasteiger partial charge < -0.3 is 20.7 Å². The molecule has 1 saturated heterocycles.